The molecule has 0 fully saturated rings. The van der Waals surface area contributed by atoms with Gasteiger partial charge in [0.2, 0.25) is 0 Å². The number of aromatic nitrogens is 1. The third-order valence-corrected chi connectivity index (χ3v) is 4.41. The van der Waals surface area contributed by atoms with Crippen molar-refractivity contribution in [3.63, 3.8) is 0 Å². The van der Waals surface area contributed by atoms with Crippen LogP contribution in [-0.2, 0) is 15.7 Å². The van der Waals surface area contributed by atoms with E-state index in [1.54, 1.807) is 0 Å². The number of benzene rings is 1. The molecule has 1 heterocycles. The lowest BCUT2D eigenvalue weighted by Gasteiger charge is -2.10. The summed E-state index contributed by atoms with van der Waals surface area (Å²) in [6.07, 6.45) is -4.71. The van der Waals surface area contributed by atoms with Gasteiger partial charge in [-0.15, -0.1) is 0 Å². The molecule has 0 aliphatic carbocycles. The van der Waals surface area contributed by atoms with Crippen LogP contribution in [0.5, 0.6) is 5.75 Å². The molecule has 130 valence electrons. The molecule has 24 heavy (non-hydrogen) atoms. The summed E-state index contributed by atoms with van der Waals surface area (Å²) >= 11 is 11.6. The molecular formula is C13H7Cl2F4NO3S. The van der Waals surface area contributed by atoms with Gasteiger partial charge in [0.15, 0.2) is 6.61 Å². The summed E-state index contributed by atoms with van der Waals surface area (Å²) in [4.78, 5) is 9.92. The highest BCUT2D eigenvalue weighted by Gasteiger charge is 2.37. The standard InChI is InChI=1S/C13H7Cl2F4NO3S/c1-22-9(21)4-23-8-2-5(7(16)3-6(8)14)11-10(15)12(24-20-11)13(17,18)19/h2-3H,4H2,1H3. The van der Waals surface area contributed by atoms with Crippen molar-refractivity contribution in [2.75, 3.05) is 13.7 Å². The number of carbonyl (C=O) groups is 1. The van der Waals surface area contributed by atoms with Gasteiger partial charge in [-0.2, -0.15) is 17.5 Å². The molecule has 0 aliphatic rings. The number of hydrogen-bond acceptors (Lipinski definition) is 5. The second-order valence-electron chi connectivity index (χ2n) is 4.30. The summed E-state index contributed by atoms with van der Waals surface area (Å²) in [7, 11) is 1.14. The topological polar surface area (TPSA) is 48.4 Å². The van der Waals surface area contributed by atoms with Crippen molar-refractivity contribution < 1.29 is 31.8 Å². The van der Waals surface area contributed by atoms with Crippen molar-refractivity contribution in [2.24, 2.45) is 0 Å². The fourth-order valence-corrected chi connectivity index (χ4v) is 2.90. The second kappa shape index (κ2) is 7.12. The maximum Gasteiger partial charge on any atom is 0.428 e. The van der Waals surface area contributed by atoms with Gasteiger partial charge in [0.05, 0.1) is 17.2 Å². The van der Waals surface area contributed by atoms with Gasteiger partial charge in [-0.25, -0.2) is 9.18 Å². The van der Waals surface area contributed by atoms with Crippen molar-refractivity contribution in [3.8, 4) is 17.0 Å². The van der Waals surface area contributed by atoms with E-state index < -0.39 is 40.2 Å². The molecule has 4 nitrogen and oxygen atoms in total. The Labute approximate surface area is 147 Å². The molecule has 0 unspecified atom stereocenters. The summed E-state index contributed by atoms with van der Waals surface area (Å²) in [6, 6.07) is 1.84. The van der Waals surface area contributed by atoms with E-state index in [1.165, 1.54) is 0 Å². The highest BCUT2D eigenvalue weighted by atomic mass is 35.5. The number of halogens is 6. The summed E-state index contributed by atoms with van der Waals surface area (Å²) in [5, 5.41) is -0.907. The molecule has 0 saturated carbocycles. The smallest absolute Gasteiger partial charge is 0.428 e. The van der Waals surface area contributed by atoms with Gasteiger partial charge < -0.3 is 9.47 Å². The number of rotatable bonds is 4. The lowest BCUT2D eigenvalue weighted by molar-refractivity contribution is -0.143. The molecule has 1 aromatic carbocycles. The molecule has 0 bridgehead atoms. The Balaban J connectivity index is 2.44. The average Bonchev–Trinajstić information content (AvgIpc) is 2.87. The first kappa shape index (κ1) is 18.8. The van der Waals surface area contributed by atoms with Crippen LogP contribution in [-0.4, -0.2) is 24.1 Å². The third-order valence-electron chi connectivity index (χ3n) is 2.74. The molecule has 2 rings (SSSR count). The maximum absolute atomic E-state index is 14.1. The monoisotopic (exact) mass is 403 g/mol. The van der Waals surface area contributed by atoms with Crippen LogP contribution in [0, 0.1) is 5.82 Å². The van der Waals surface area contributed by atoms with E-state index in [0.29, 0.717) is 0 Å². The van der Waals surface area contributed by atoms with Crippen LogP contribution in [0.2, 0.25) is 10.0 Å². The Morgan fingerprint density at radius 1 is 1.33 bits per heavy atom. The van der Waals surface area contributed by atoms with E-state index in [9.17, 15) is 22.4 Å². The number of methoxy groups -OCH3 is 1. The Morgan fingerprint density at radius 2 is 2.00 bits per heavy atom. The number of alkyl halides is 3. The van der Waals surface area contributed by atoms with Gasteiger partial charge in [0.1, 0.15) is 22.1 Å². The van der Waals surface area contributed by atoms with Crippen LogP contribution < -0.4 is 4.74 Å². The van der Waals surface area contributed by atoms with Crippen molar-refractivity contribution in [2.45, 2.75) is 6.18 Å². The van der Waals surface area contributed by atoms with Gasteiger partial charge in [-0.1, -0.05) is 23.2 Å². The van der Waals surface area contributed by atoms with Gasteiger partial charge >= 0.3 is 12.1 Å². The minimum atomic E-state index is -4.71. The SMILES string of the molecule is COC(=O)COc1cc(-c2nsc(C(F)(F)F)c2Cl)c(F)cc1Cl. The predicted octanol–water partition coefficient (Wildman–Crippen LogP) is 4.83. The fraction of sp³-hybridized carbons (Fsp3) is 0.231. The first-order chi connectivity index (χ1) is 11.1. The fourth-order valence-electron chi connectivity index (χ4n) is 1.64. The minimum Gasteiger partial charge on any atom is -0.480 e. The molecule has 0 N–H and O–H groups in total. The maximum atomic E-state index is 14.1. The number of hydrogen-bond donors (Lipinski definition) is 0. The third kappa shape index (κ3) is 3.90. The van der Waals surface area contributed by atoms with Crippen LogP contribution in [0.3, 0.4) is 0 Å². The lowest BCUT2D eigenvalue weighted by atomic mass is 10.1. The first-order valence-corrected chi connectivity index (χ1v) is 7.59. The van der Waals surface area contributed by atoms with E-state index in [4.69, 9.17) is 27.9 Å². The summed E-state index contributed by atoms with van der Waals surface area (Å²) < 4.78 is 65.3. The van der Waals surface area contributed by atoms with Crippen LogP contribution >= 0.6 is 34.7 Å². The van der Waals surface area contributed by atoms with Crippen molar-refractivity contribution in [1.82, 2.24) is 4.37 Å². The highest BCUT2D eigenvalue weighted by molar-refractivity contribution is 7.06. The Hall–Kier alpha value is -1.58. The normalized spacial score (nSPS) is 11.5. The zero-order valence-corrected chi connectivity index (χ0v) is 14.0. The molecule has 0 saturated heterocycles. The van der Waals surface area contributed by atoms with E-state index in [1.807, 2.05) is 0 Å². The molecule has 0 atom stereocenters. The quantitative estimate of drug-likeness (QED) is 0.541. The molecule has 0 aliphatic heterocycles. The van der Waals surface area contributed by atoms with Crippen LogP contribution in [0.1, 0.15) is 4.88 Å². The molecule has 0 amide bonds. The minimum absolute atomic E-state index is 0.0970. The summed E-state index contributed by atoms with van der Waals surface area (Å²) in [6.45, 7) is -0.514. The molecule has 2 aromatic rings. The van der Waals surface area contributed by atoms with Crippen LogP contribution in [0.15, 0.2) is 12.1 Å². The molecule has 1 aromatic heterocycles. The van der Waals surface area contributed by atoms with Crippen LogP contribution in [0.25, 0.3) is 11.3 Å². The average molecular weight is 404 g/mol. The Kier molecular flexibility index (Phi) is 5.56. The predicted molar refractivity (Wildman–Crippen MR) is 80.0 cm³/mol. The molecule has 0 radical (unpaired) electrons. The van der Waals surface area contributed by atoms with E-state index in [-0.39, 0.29) is 27.9 Å². The van der Waals surface area contributed by atoms with Crippen molar-refractivity contribution in [3.05, 3.63) is 32.9 Å². The highest BCUT2D eigenvalue weighted by Crippen LogP contribution is 2.44. The van der Waals surface area contributed by atoms with E-state index >= 15 is 0 Å². The molecular weight excluding hydrogens is 397 g/mol. The van der Waals surface area contributed by atoms with E-state index in [2.05, 4.69) is 9.11 Å². The number of nitrogens with zero attached hydrogens (tertiary/aromatic N) is 1. The van der Waals surface area contributed by atoms with Crippen LogP contribution in [0.4, 0.5) is 17.6 Å². The molecule has 11 heteroatoms. The van der Waals surface area contributed by atoms with Crippen molar-refractivity contribution in [1.29, 1.82) is 0 Å². The number of esters is 1. The van der Waals surface area contributed by atoms with Gasteiger partial charge in [0.25, 0.3) is 0 Å². The largest absolute Gasteiger partial charge is 0.480 e. The summed E-state index contributed by atoms with van der Waals surface area (Å²) in [5.41, 5.74) is -0.734. The zero-order chi connectivity index (χ0) is 18.1. The van der Waals surface area contributed by atoms with E-state index in [0.717, 1.165) is 19.2 Å². The first-order valence-electron chi connectivity index (χ1n) is 6.06. The van der Waals surface area contributed by atoms with Gasteiger partial charge in [-0.3, -0.25) is 0 Å². The zero-order valence-electron chi connectivity index (χ0n) is 11.7. The number of ether oxygens (including phenoxy) is 2. The summed E-state index contributed by atoms with van der Waals surface area (Å²) in [5.74, 6) is -1.79. The lowest BCUT2D eigenvalue weighted by Crippen LogP contribution is -2.12. The Bertz CT molecular complexity index is 779. The second-order valence-corrected chi connectivity index (χ2v) is 5.86. The van der Waals surface area contributed by atoms with Crippen molar-refractivity contribution >= 4 is 40.7 Å². The van der Waals surface area contributed by atoms with Gasteiger partial charge in [0, 0.05) is 5.56 Å². The number of carbonyl (C=O) groups excluding carboxylic acids is 1. The van der Waals surface area contributed by atoms with Gasteiger partial charge in [-0.05, 0) is 23.7 Å². The Morgan fingerprint density at radius 3 is 2.54 bits per heavy atom. The molecule has 0 spiro atoms.